The minimum atomic E-state index is -0.230. The largest absolute Gasteiger partial charge is 0.490 e. The van der Waals surface area contributed by atoms with Crippen LogP contribution in [0.4, 0.5) is 0 Å². The van der Waals surface area contributed by atoms with Crippen LogP contribution in [0, 0.1) is 0 Å². The molecule has 0 atom stereocenters. The second-order valence-corrected chi connectivity index (χ2v) is 5.35. The first-order valence-electron chi connectivity index (χ1n) is 7.01. The van der Waals surface area contributed by atoms with E-state index in [4.69, 9.17) is 16.3 Å². The molecule has 0 amide bonds. The van der Waals surface area contributed by atoms with Gasteiger partial charge in [0, 0.05) is 18.1 Å². The van der Waals surface area contributed by atoms with E-state index in [1.54, 1.807) is 0 Å². The summed E-state index contributed by atoms with van der Waals surface area (Å²) in [5.41, 5.74) is 2.38. The first-order valence-corrected chi connectivity index (χ1v) is 7.39. The molecule has 0 spiro atoms. The molecule has 114 valence electrons. The molecule has 3 N–H and O–H groups in total. The van der Waals surface area contributed by atoms with Crippen molar-refractivity contribution in [1.29, 1.82) is 0 Å². The molecule has 0 aliphatic carbocycles. The van der Waals surface area contributed by atoms with Crippen molar-refractivity contribution in [3.05, 3.63) is 63.5 Å². The summed E-state index contributed by atoms with van der Waals surface area (Å²) in [6.45, 7) is 1.97. The Balaban J connectivity index is 1.50. The lowest BCUT2D eigenvalue weighted by Crippen LogP contribution is -2.20. The molecule has 0 aliphatic rings. The first-order chi connectivity index (χ1) is 10.7. The van der Waals surface area contributed by atoms with Crippen LogP contribution in [-0.2, 0) is 6.54 Å². The maximum Gasteiger partial charge on any atom is 0.323 e. The van der Waals surface area contributed by atoms with Crippen LogP contribution in [0.25, 0.3) is 11.0 Å². The molecule has 0 bridgehead atoms. The van der Waals surface area contributed by atoms with Gasteiger partial charge in [-0.05, 0) is 29.8 Å². The van der Waals surface area contributed by atoms with Gasteiger partial charge in [0.2, 0.25) is 0 Å². The van der Waals surface area contributed by atoms with Gasteiger partial charge < -0.3 is 20.0 Å². The number of fused-ring (bicyclic) bond motifs is 1. The van der Waals surface area contributed by atoms with Gasteiger partial charge >= 0.3 is 5.69 Å². The molecule has 0 saturated heterocycles. The van der Waals surface area contributed by atoms with Gasteiger partial charge in [-0.1, -0.05) is 29.8 Å². The van der Waals surface area contributed by atoms with Crippen molar-refractivity contribution in [3.8, 4) is 5.75 Å². The fourth-order valence-corrected chi connectivity index (χ4v) is 2.35. The number of aromatic nitrogens is 2. The molecule has 22 heavy (non-hydrogen) atoms. The zero-order valence-corrected chi connectivity index (χ0v) is 12.6. The Labute approximate surface area is 132 Å². The van der Waals surface area contributed by atoms with Crippen LogP contribution in [0.2, 0.25) is 5.02 Å². The number of para-hydroxylation sites is 1. The number of imidazole rings is 1. The second kappa shape index (κ2) is 6.68. The van der Waals surface area contributed by atoms with Gasteiger partial charge in [0.25, 0.3) is 0 Å². The number of aromatic amines is 2. The highest BCUT2D eigenvalue weighted by Gasteiger charge is 2.04. The van der Waals surface area contributed by atoms with Gasteiger partial charge in [0.15, 0.2) is 0 Å². The molecule has 1 heterocycles. The van der Waals surface area contributed by atoms with Gasteiger partial charge in [-0.3, -0.25) is 0 Å². The van der Waals surface area contributed by atoms with Crippen LogP contribution >= 0.6 is 11.6 Å². The van der Waals surface area contributed by atoms with E-state index < -0.39 is 0 Å². The van der Waals surface area contributed by atoms with E-state index in [1.165, 1.54) is 5.56 Å². The highest BCUT2D eigenvalue weighted by molar-refractivity contribution is 6.30. The van der Waals surface area contributed by atoms with E-state index in [9.17, 15) is 4.79 Å². The topological polar surface area (TPSA) is 69.9 Å². The van der Waals surface area contributed by atoms with Crippen molar-refractivity contribution in [2.45, 2.75) is 6.54 Å². The lowest BCUT2D eigenvalue weighted by molar-refractivity contribution is 0.316. The minimum absolute atomic E-state index is 0.230. The zero-order valence-electron chi connectivity index (χ0n) is 11.9. The smallest absolute Gasteiger partial charge is 0.323 e. The third-order valence-corrected chi connectivity index (χ3v) is 3.54. The van der Waals surface area contributed by atoms with Gasteiger partial charge in [0.05, 0.1) is 5.52 Å². The first kappa shape index (κ1) is 14.7. The van der Waals surface area contributed by atoms with E-state index in [-0.39, 0.29) is 5.69 Å². The minimum Gasteiger partial charge on any atom is -0.490 e. The van der Waals surface area contributed by atoms with Crippen LogP contribution in [0.15, 0.2) is 47.3 Å². The van der Waals surface area contributed by atoms with Crippen molar-refractivity contribution >= 4 is 22.6 Å². The molecule has 3 aromatic rings. The van der Waals surface area contributed by atoms with Gasteiger partial charge in [0.1, 0.15) is 17.9 Å². The lowest BCUT2D eigenvalue weighted by Gasteiger charge is -2.08. The summed E-state index contributed by atoms with van der Waals surface area (Å²) in [5, 5.41) is 4.03. The van der Waals surface area contributed by atoms with Crippen LogP contribution in [0.3, 0.4) is 0 Å². The Morgan fingerprint density at radius 3 is 2.73 bits per heavy atom. The van der Waals surface area contributed by atoms with Crippen molar-refractivity contribution in [2.24, 2.45) is 0 Å². The van der Waals surface area contributed by atoms with E-state index in [0.29, 0.717) is 24.4 Å². The Hall–Kier alpha value is -2.24. The fourth-order valence-electron chi connectivity index (χ4n) is 2.22. The molecule has 2 aromatic carbocycles. The van der Waals surface area contributed by atoms with Crippen LogP contribution < -0.4 is 15.7 Å². The van der Waals surface area contributed by atoms with Crippen molar-refractivity contribution in [2.75, 3.05) is 13.2 Å². The monoisotopic (exact) mass is 317 g/mol. The molecule has 0 unspecified atom stereocenters. The molecule has 0 saturated carbocycles. The SMILES string of the molecule is O=c1[nH]c2cccc(OCCNCc3ccc(Cl)cc3)c2[nH]1. The normalized spacial score (nSPS) is 11.0. The third-order valence-electron chi connectivity index (χ3n) is 3.29. The highest BCUT2D eigenvalue weighted by Crippen LogP contribution is 2.20. The van der Waals surface area contributed by atoms with E-state index >= 15 is 0 Å². The number of rotatable bonds is 6. The summed E-state index contributed by atoms with van der Waals surface area (Å²) >= 11 is 5.84. The number of nitrogens with one attached hydrogen (secondary N) is 3. The zero-order chi connectivity index (χ0) is 15.4. The van der Waals surface area contributed by atoms with E-state index in [2.05, 4.69) is 15.3 Å². The van der Waals surface area contributed by atoms with Crippen molar-refractivity contribution < 1.29 is 4.74 Å². The van der Waals surface area contributed by atoms with E-state index in [0.717, 1.165) is 17.1 Å². The summed E-state index contributed by atoms with van der Waals surface area (Å²) in [6.07, 6.45) is 0. The number of hydrogen-bond acceptors (Lipinski definition) is 3. The summed E-state index contributed by atoms with van der Waals surface area (Å²) in [4.78, 5) is 16.7. The van der Waals surface area contributed by atoms with Crippen LogP contribution in [0.5, 0.6) is 5.75 Å². The number of ether oxygens (including phenoxy) is 1. The number of halogens is 1. The maximum absolute atomic E-state index is 11.3. The Morgan fingerprint density at radius 2 is 1.91 bits per heavy atom. The lowest BCUT2D eigenvalue weighted by atomic mass is 10.2. The average molecular weight is 318 g/mol. The molecule has 6 heteroatoms. The number of benzene rings is 2. The van der Waals surface area contributed by atoms with Gasteiger partial charge in [-0.25, -0.2) is 4.79 Å². The molecule has 5 nitrogen and oxygen atoms in total. The Bertz CT molecular complexity index is 808. The van der Waals surface area contributed by atoms with E-state index in [1.807, 2.05) is 42.5 Å². The standard InChI is InChI=1S/C16H16ClN3O2/c17-12-6-4-11(5-7-12)10-18-8-9-22-14-3-1-2-13-15(14)20-16(21)19-13/h1-7,18H,8-10H2,(H2,19,20,21). The van der Waals surface area contributed by atoms with Gasteiger partial charge in [-0.15, -0.1) is 0 Å². The predicted octanol–water partition coefficient (Wildman–Crippen LogP) is 2.68. The molecule has 0 radical (unpaired) electrons. The van der Waals surface area contributed by atoms with Crippen LogP contribution in [0.1, 0.15) is 5.56 Å². The second-order valence-electron chi connectivity index (χ2n) is 4.91. The van der Waals surface area contributed by atoms with Crippen LogP contribution in [-0.4, -0.2) is 23.1 Å². The van der Waals surface area contributed by atoms with Gasteiger partial charge in [-0.2, -0.15) is 0 Å². The molecular weight excluding hydrogens is 302 g/mol. The summed E-state index contributed by atoms with van der Waals surface area (Å²) in [6, 6.07) is 13.2. The molecular formula is C16H16ClN3O2. The van der Waals surface area contributed by atoms with Crippen molar-refractivity contribution in [1.82, 2.24) is 15.3 Å². The Kier molecular flexibility index (Phi) is 4.46. The number of H-pyrrole nitrogens is 2. The third kappa shape index (κ3) is 3.50. The molecule has 1 aromatic heterocycles. The summed E-state index contributed by atoms with van der Waals surface area (Å²) in [5.74, 6) is 0.671. The maximum atomic E-state index is 11.3. The molecule has 0 fully saturated rings. The average Bonchev–Trinajstić information content (AvgIpc) is 2.90. The highest BCUT2D eigenvalue weighted by atomic mass is 35.5. The predicted molar refractivity (Wildman–Crippen MR) is 87.6 cm³/mol. The summed E-state index contributed by atoms with van der Waals surface area (Å²) in [7, 11) is 0. The summed E-state index contributed by atoms with van der Waals surface area (Å²) < 4.78 is 5.72. The fraction of sp³-hybridized carbons (Fsp3) is 0.188. The Morgan fingerprint density at radius 1 is 1.09 bits per heavy atom. The van der Waals surface area contributed by atoms with Crippen molar-refractivity contribution in [3.63, 3.8) is 0 Å². The molecule has 3 rings (SSSR count). The molecule has 0 aliphatic heterocycles. The quantitative estimate of drug-likeness (QED) is 0.612. The number of hydrogen-bond donors (Lipinski definition) is 3.